The lowest BCUT2D eigenvalue weighted by molar-refractivity contribution is -0.428. The van der Waals surface area contributed by atoms with Gasteiger partial charge in [-0.1, -0.05) is 44.9 Å². The average molecular weight is 306 g/mol. The van der Waals surface area contributed by atoms with E-state index in [1.807, 2.05) is 6.29 Å². The Morgan fingerprint density at radius 1 is 1.00 bits per heavy atom. The Labute approximate surface area is 134 Å². The fraction of sp³-hybridized carbons (Fsp3) is 0.722. The molecule has 0 heterocycles. The van der Waals surface area contributed by atoms with Crippen LogP contribution in [0.3, 0.4) is 0 Å². The zero-order valence-electron chi connectivity index (χ0n) is 13.7. The molecular weight excluding hydrogens is 278 g/mol. The summed E-state index contributed by atoms with van der Waals surface area (Å²) in [6, 6.07) is 0. The first kappa shape index (κ1) is 20.4. The Morgan fingerprint density at radius 2 is 1.68 bits per heavy atom. The number of hydrogen-bond acceptors (Lipinski definition) is 3. The van der Waals surface area contributed by atoms with Crippen molar-refractivity contribution >= 4 is 6.29 Å². The molecule has 0 unspecified atom stereocenters. The molecule has 123 valence electrons. The molecule has 0 rings (SSSR count). The first-order chi connectivity index (χ1) is 10.7. The van der Waals surface area contributed by atoms with Crippen LogP contribution in [0.25, 0.3) is 0 Å². The van der Waals surface area contributed by atoms with E-state index in [-0.39, 0.29) is 10.6 Å². The van der Waals surface area contributed by atoms with Crippen molar-refractivity contribution in [2.75, 3.05) is 0 Å². The Balaban J connectivity index is 3.87. The van der Waals surface area contributed by atoms with Crippen molar-refractivity contribution in [1.29, 1.82) is 0 Å². The average Bonchev–Trinajstić information content (AvgIpc) is 2.50. The number of nitro groups is 1. The van der Waals surface area contributed by atoms with Crippen molar-refractivity contribution < 1.29 is 9.72 Å². The summed E-state index contributed by atoms with van der Waals surface area (Å²) in [5, 5.41) is 11.0. The van der Waals surface area contributed by atoms with Gasteiger partial charge in [-0.3, -0.25) is 14.9 Å². The summed E-state index contributed by atoms with van der Waals surface area (Å²) in [6.07, 6.45) is 14.0. The molecule has 0 fully saturated rings. The van der Waals surface area contributed by atoms with Gasteiger partial charge in [0.15, 0.2) is 6.29 Å². The Hall–Kier alpha value is -1.63. The fourth-order valence-corrected chi connectivity index (χ4v) is 2.09. The van der Waals surface area contributed by atoms with Gasteiger partial charge in [0.05, 0.1) is 4.92 Å². The van der Waals surface area contributed by atoms with E-state index in [4.69, 9.17) is 0 Å². The van der Waals surface area contributed by atoms with Gasteiger partial charge in [-0.25, -0.2) is 0 Å². The predicted octanol–water partition coefficient (Wildman–Crippen LogP) is 4.96. The largest absolute Gasteiger partial charge is 0.291 e. The van der Waals surface area contributed by atoms with Gasteiger partial charge in [0.1, 0.15) is 0 Å². The van der Waals surface area contributed by atoms with E-state index in [1.54, 1.807) is 6.08 Å². The Kier molecular flexibility index (Phi) is 14.6. The van der Waals surface area contributed by atoms with E-state index in [1.165, 1.54) is 12.8 Å². The minimum atomic E-state index is -0.292. The summed E-state index contributed by atoms with van der Waals surface area (Å²) in [6.45, 7) is 2.15. The van der Waals surface area contributed by atoms with E-state index in [9.17, 15) is 14.9 Å². The maximum atomic E-state index is 11.0. The van der Waals surface area contributed by atoms with Crippen LogP contribution in [0.15, 0.2) is 11.8 Å². The van der Waals surface area contributed by atoms with Crippen molar-refractivity contribution in [3.63, 3.8) is 0 Å². The third-order valence-electron chi connectivity index (χ3n) is 3.42. The molecule has 0 aromatic heterocycles. The molecule has 0 saturated carbocycles. The van der Waals surface area contributed by atoms with E-state index < -0.39 is 0 Å². The van der Waals surface area contributed by atoms with Crippen molar-refractivity contribution in [3.8, 4) is 11.8 Å². The number of allylic oxidation sites excluding steroid dienone is 2. The van der Waals surface area contributed by atoms with Crippen LogP contribution in [0.1, 0.15) is 84.0 Å². The molecule has 4 nitrogen and oxygen atoms in total. The maximum Gasteiger partial charge on any atom is 0.243 e. The molecule has 1 radical (unpaired) electrons. The highest BCUT2D eigenvalue weighted by atomic mass is 16.6. The molecule has 0 spiro atoms. The van der Waals surface area contributed by atoms with Crippen LogP contribution >= 0.6 is 0 Å². The van der Waals surface area contributed by atoms with Gasteiger partial charge in [-0.05, 0) is 19.3 Å². The molecule has 0 aliphatic rings. The smallest absolute Gasteiger partial charge is 0.243 e. The van der Waals surface area contributed by atoms with Crippen LogP contribution in [0, 0.1) is 22.0 Å². The summed E-state index contributed by atoms with van der Waals surface area (Å²) in [5.41, 5.74) is 0.282. The first-order valence-electron chi connectivity index (χ1n) is 8.36. The van der Waals surface area contributed by atoms with Gasteiger partial charge in [0, 0.05) is 31.8 Å². The topological polar surface area (TPSA) is 60.2 Å². The fourth-order valence-electron chi connectivity index (χ4n) is 2.09. The van der Waals surface area contributed by atoms with E-state index >= 15 is 0 Å². The van der Waals surface area contributed by atoms with Crippen LogP contribution in [0.4, 0.5) is 0 Å². The molecule has 4 heteroatoms. The molecule has 0 aromatic carbocycles. The van der Waals surface area contributed by atoms with Crippen LogP contribution in [0.5, 0.6) is 0 Å². The molecule has 0 aliphatic carbocycles. The summed E-state index contributed by atoms with van der Waals surface area (Å²) in [4.78, 5) is 20.7. The van der Waals surface area contributed by atoms with Crippen molar-refractivity contribution in [2.45, 2.75) is 84.0 Å². The molecule has 0 bridgehead atoms. The molecular formula is C18H28NO3. The lowest BCUT2D eigenvalue weighted by Crippen LogP contribution is -1.98. The molecule has 0 aromatic rings. The SMILES string of the molecule is CCCCCC#CC/C=C(/CCCCCCC[C]=O)[N+](=O)[O-]. The number of carbonyl (C=O) groups excluding carboxylic acids is 1. The van der Waals surface area contributed by atoms with Crippen molar-refractivity contribution in [2.24, 2.45) is 0 Å². The summed E-state index contributed by atoms with van der Waals surface area (Å²) in [7, 11) is 0. The zero-order chi connectivity index (χ0) is 16.5. The van der Waals surface area contributed by atoms with E-state index in [2.05, 4.69) is 18.8 Å². The number of rotatable bonds is 13. The summed E-state index contributed by atoms with van der Waals surface area (Å²) < 4.78 is 0. The van der Waals surface area contributed by atoms with Gasteiger partial charge in [0.2, 0.25) is 5.70 Å². The van der Waals surface area contributed by atoms with Crippen LogP contribution in [-0.4, -0.2) is 11.2 Å². The second kappa shape index (κ2) is 15.8. The maximum absolute atomic E-state index is 11.0. The number of hydrogen-bond donors (Lipinski definition) is 0. The lowest BCUT2D eigenvalue weighted by Gasteiger charge is -1.99. The highest BCUT2D eigenvalue weighted by Crippen LogP contribution is 2.12. The molecule has 0 N–H and O–H groups in total. The zero-order valence-corrected chi connectivity index (χ0v) is 13.7. The van der Waals surface area contributed by atoms with Gasteiger partial charge < -0.3 is 0 Å². The molecule has 0 saturated heterocycles. The molecule has 0 aliphatic heterocycles. The second-order valence-electron chi connectivity index (χ2n) is 5.38. The number of nitrogens with zero attached hydrogens (tertiary/aromatic N) is 1. The van der Waals surface area contributed by atoms with E-state index in [0.29, 0.717) is 19.3 Å². The monoisotopic (exact) mass is 306 g/mol. The van der Waals surface area contributed by atoms with Gasteiger partial charge in [-0.15, -0.1) is 5.92 Å². The Bertz CT molecular complexity index is 391. The quantitative estimate of drug-likeness (QED) is 0.209. The summed E-state index contributed by atoms with van der Waals surface area (Å²) >= 11 is 0. The normalized spacial score (nSPS) is 10.9. The number of unbranched alkanes of at least 4 members (excludes halogenated alkanes) is 8. The van der Waals surface area contributed by atoms with Crippen LogP contribution in [-0.2, 0) is 4.79 Å². The van der Waals surface area contributed by atoms with Crippen LogP contribution in [0.2, 0.25) is 0 Å². The first-order valence-corrected chi connectivity index (χ1v) is 8.36. The lowest BCUT2D eigenvalue weighted by atomic mass is 10.1. The van der Waals surface area contributed by atoms with Gasteiger partial charge in [-0.2, -0.15) is 0 Å². The summed E-state index contributed by atoms with van der Waals surface area (Å²) in [5.74, 6) is 6.05. The minimum absolute atomic E-state index is 0.282. The Morgan fingerprint density at radius 3 is 2.36 bits per heavy atom. The third kappa shape index (κ3) is 13.4. The predicted molar refractivity (Wildman–Crippen MR) is 89.6 cm³/mol. The second-order valence-corrected chi connectivity index (χ2v) is 5.38. The minimum Gasteiger partial charge on any atom is -0.291 e. The van der Waals surface area contributed by atoms with Gasteiger partial charge >= 0.3 is 0 Å². The van der Waals surface area contributed by atoms with Crippen LogP contribution < -0.4 is 0 Å². The molecule has 22 heavy (non-hydrogen) atoms. The molecule has 0 atom stereocenters. The standard InChI is InChI=1S/C18H28NO3/c1-2-3-4-5-6-9-12-15-18(19(21)22)16-13-10-7-8-11-14-17-20/h15H,2-5,7-8,10-14,16H2,1H3/b18-15-. The van der Waals surface area contributed by atoms with E-state index in [0.717, 1.165) is 44.9 Å². The van der Waals surface area contributed by atoms with Crippen molar-refractivity contribution in [1.82, 2.24) is 0 Å². The highest BCUT2D eigenvalue weighted by Gasteiger charge is 2.08. The van der Waals surface area contributed by atoms with Crippen molar-refractivity contribution in [3.05, 3.63) is 21.9 Å². The third-order valence-corrected chi connectivity index (χ3v) is 3.42. The highest BCUT2D eigenvalue weighted by molar-refractivity contribution is 5.50. The van der Waals surface area contributed by atoms with Gasteiger partial charge in [0.25, 0.3) is 0 Å². The molecule has 0 amide bonds.